The van der Waals surface area contributed by atoms with E-state index in [-0.39, 0.29) is 24.9 Å². The van der Waals surface area contributed by atoms with Crippen molar-refractivity contribution in [1.29, 1.82) is 0 Å². The molecule has 1 heterocycles. The lowest BCUT2D eigenvalue weighted by atomic mass is 9.75. The Morgan fingerprint density at radius 1 is 1.33 bits per heavy atom. The first-order valence-electron chi connectivity index (χ1n) is 9.15. The van der Waals surface area contributed by atoms with Gasteiger partial charge in [-0.05, 0) is 56.2 Å². The van der Waals surface area contributed by atoms with Gasteiger partial charge in [-0.25, -0.2) is 4.79 Å². The monoisotopic (exact) mass is 394 g/mol. The zero-order valence-corrected chi connectivity index (χ0v) is 16.5. The number of nitrogen functional groups attached to an aromatic ring is 1. The molecule has 0 atom stereocenters. The third kappa shape index (κ3) is 4.18. The molecular weight excluding hydrogens is 368 g/mol. The molecule has 0 radical (unpaired) electrons. The molecule has 0 bridgehead atoms. The summed E-state index contributed by atoms with van der Waals surface area (Å²) in [5, 5.41) is 5.57. The van der Waals surface area contributed by atoms with Crippen LogP contribution in [0, 0.1) is 12.8 Å². The van der Waals surface area contributed by atoms with Crippen LogP contribution in [-0.2, 0) is 9.59 Å². The third-order valence-corrected chi connectivity index (χ3v) is 5.62. The van der Waals surface area contributed by atoms with Gasteiger partial charge in [0.2, 0.25) is 5.91 Å². The number of rotatable bonds is 4. The first-order chi connectivity index (χ1) is 12.3. The lowest BCUT2D eigenvalue weighted by Gasteiger charge is -2.34. The lowest BCUT2D eigenvalue weighted by molar-refractivity contribution is -0.135. The van der Waals surface area contributed by atoms with Crippen molar-refractivity contribution in [2.24, 2.45) is 5.92 Å². The van der Waals surface area contributed by atoms with Crippen LogP contribution < -0.4 is 16.4 Å². The predicted molar refractivity (Wildman–Crippen MR) is 107 cm³/mol. The maximum Gasteiger partial charge on any atom is 0.325 e. The van der Waals surface area contributed by atoms with Crippen molar-refractivity contribution in [3.63, 3.8) is 0 Å². The van der Waals surface area contributed by atoms with Gasteiger partial charge < -0.3 is 16.4 Å². The number of hydrogen-bond donors (Lipinski definition) is 3. The third-order valence-electron chi connectivity index (χ3n) is 5.62. The first-order valence-corrected chi connectivity index (χ1v) is 9.15. The van der Waals surface area contributed by atoms with Gasteiger partial charge in [-0.1, -0.05) is 19.4 Å². The quantitative estimate of drug-likeness (QED) is 0.539. The highest BCUT2D eigenvalue weighted by atomic mass is 35.5. The van der Waals surface area contributed by atoms with E-state index < -0.39 is 17.5 Å². The van der Waals surface area contributed by atoms with Crippen molar-refractivity contribution in [3.05, 3.63) is 23.8 Å². The molecule has 2 aliphatic rings. The Kier molecular flexibility index (Phi) is 6.36. The minimum atomic E-state index is -0.823. The summed E-state index contributed by atoms with van der Waals surface area (Å²) in [4.78, 5) is 38.5. The van der Waals surface area contributed by atoms with Gasteiger partial charge in [-0.15, -0.1) is 12.4 Å². The number of benzene rings is 1. The van der Waals surface area contributed by atoms with Crippen LogP contribution in [0.4, 0.5) is 16.2 Å². The van der Waals surface area contributed by atoms with Crippen LogP contribution in [0.5, 0.6) is 0 Å². The van der Waals surface area contributed by atoms with Crippen LogP contribution in [0.25, 0.3) is 0 Å². The highest BCUT2D eigenvalue weighted by Crippen LogP contribution is 2.37. The van der Waals surface area contributed by atoms with E-state index in [0.717, 1.165) is 29.7 Å². The number of halogens is 1. The van der Waals surface area contributed by atoms with Gasteiger partial charge in [0.25, 0.3) is 5.91 Å². The number of anilines is 2. The van der Waals surface area contributed by atoms with E-state index in [9.17, 15) is 14.4 Å². The summed E-state index contributed by atoms with van der Waals surface area (Å²) >= 11 is 0. The number of nitrogens with two attached hydrogens (primary N) is 1. The number of aryl methyl sites for hydroxylation is 1. The molecule has 1 aromatic rings. The van der Waals surface area contributed by atoms with Crippen molar-refractivity contribution in [1.82, 2.24) is 10.2 Å². The maximum atomic E-state index is 12.8. The Hall–Kier alpha value is -2.28. The molecule has 148 valence electrons. The van der Waals surface area contributed by atoms with Crippen molar-refractivity contribution < 1.29 is 14.4 Å². The molecule has 1 saturated carbocycles. The van der Waals surface area contributed by atoms with E-state index in [4.69, 9.17) is 5.73 Å². The Bertz CT molecular complexity index is 744. The molecule has 27 heavy (non-hydrogen) atoms. The number of hydrogen-bond acceptors (Lipinski definition) is 4. The molecule has 1 aliphatic carbocycles. The molecule has 4 N–H and O–H groups in total. The summed E-state index contributed by atoms with van der Waals surface area (Å²) < 4.78 is 0. The van der Waals surface area contributed by atoms with Crippen molar-refractivity contribution in [3.8, 4) is 0 Å². The van der Waals surface area contributed by atoms with Crippen LogP contribution in [-0.4, -0.2) is 34.8 Å². The van der Waals surface area contributed by atoms with Gasteiger partial charge in [-0.2, -0.15) is 0 Å². The highest BCUT2D eigenvalue weighted by molar-refractivity contribution is 6.10. The average Bonchev–Trinajstić information content (AvgIpc) is 2.83. The summed E-state index contributed by atoms with van der Waals surface area (Å²) in [6, 6.07) is 4.73. The fourth-order valence-electron chi connectivity index (χ4n) is 3.84. The van der Waals surface area contributed by atoms with Crippen LogP contribution in [0.1, 0.15) is 44.6 Å². The van der Waals surface area contributed by atoms with Crippen LogP contribution >= 0.6 is 12.4 Å². The largest absolute Gasteiger partial charge is 0.399 e. The number of nitrogens with one attached hydrogen (secondary N) is 2. The van der Waals surface area contributed by atoms with Crippen LogP contribution in [0.15, 0.2) is 18.2 Å². The SMILES string of the molecule is CCC1CCC2(CC1)NC(=O)N(CC(=O)Nc1cc(N)ccc1C)C2=O.Cl. The van der Waals surface area contributed by atoms with E-state index >= 15 is 0 Å². The second-order valence-electron chi connectivity index (χ2n) is 7.38. The Morgan fingerprint density at radius 2 is 2.00 bits per heavy atom. The standard InChI is InChI=1S/C19H26N4O3.ClH/c1-3-13-6-8-19(9-7-13)17(25)23(18(26)22-19)11-16(24)21-15-10-14(20)5-4-12(15)2;/h4-5,10,13H,3,6-9,11,20H2,1-2H3,(H,21,24)(H,22,26);1H. The van der Waals surface area contributed by atoms with Gasteiger partial charge in [0, 0.05) is 11.4 Å². The summed E-state index contributed by atoms with van der Waals surface area (Å²) in [5.41, 5.74) is 6.90. The van der Waals surface area contributed by atoms with Gasteiger partial charge in [0.1, 0.15) is 12.1 Å². The molecule has 3 rings (SSSR count). The average molecular weight is 395 g/mol. The van der Waals surface area contributed by atoms with Crippen molar-refractivity contribution in [2.75, 3.05) is 17.6 Å². The van der Waals surface area contributed by atoms with E-state index in [1.165, 1.54) is 0 Å². The fourth-order valence-corrected chi connectivity index (χ4v) is 3.84. The Morgan fingerprint density at radius 3 is 2.63 bits per heavy atom. The zero-order valence-electron chi connectivity index (χ0n) is 15.7. The number of nitrogens with zero attached hydrogens (tertiary/aromatic N) is 1. The molecule has 1 spiro atoms. The summed E-state index contributed by atoms with van der Waals surface area (Å²) in [6.07, 6.45) is 4.21. The number of urea groups is 1. The molecule has 1 aliphatic heterocycles. The second-order valence-corrected chi connectivity index (χ2v) is 7.38. The van der Waals surface area contributed by atoms with E-state index in [1.54, 1.807) is 18.2 Å². The number of imide groups is 1. The minimum Gasteiger partial charge on any atom is -0.399 e. The normalized spacial score (nSPS) is 24.5. The summed E-state index contributed by atoms with van der Waals surface area (Å²) in [6.45, 7) is 3.70. The van der Waals surface area contributed by atoms with Gasteiger partial charge >= 0.3 is 6.03 Å². The van der Waals surface area contributed by atoms with Gasteiger partial charge in [0.15, 0.2) is 0 Å². The lowest BCUT2D eigenvalue weighted by Crippen LogP contribution is -2.49. The molecule has 0 unspecified atom stereocenters. The van der Waals surface area contributed by atoms with E-state index in [2.05, 4.69) is 17.6 Å². The smallest absolute Gasteiger partial charge is 0.325 e. The summed E-state index contributed by atoms with van der Waals surface area (Å²) in [5.74, 6) is -0.0906. The fraction of sp³-hybridized carbons (Fsp3) is 0.526. The molecular formula is C19H27ClN4O3. The molecule has 1 saturated heterocycles. The van der Waals surface area contributed by atoms with E-state index in [0.29, 0.717) is 30.1 Å². The molecule has 2 fully saturated rings. The number of carbonyl (C=O) groups excluding carboxylic acids is 3. The van der Waals surface area contributed by atoms with Crippen LogP contribution in [0.2, 0.25) is 0 Å². The molecule has 1 aromatic carbocycles. The van der Waals surface area contributed by atoms with Crippen molar-refractivity contribution >= 4 is 41.6 Å². The molecule has 8 heteroatoms. The topological polar surface area (TPSA) is 105 Å². The summed E-state index contributed by atoms with van der Waals surface area (Å²) in [7, 11) is 0. The second kappa shape index (κ2) is 8.17. The van der Waals surface area contributed by atoms with Crippen molar-refractivity contribution in [2.45, 2.75) is 51.5 Å². The van der Waals surface area contributed by atoms with E-state index in [1.807, 2.05) is 6.92 Å². The molecule has 7 nitrogen and oxygen atoms in total. The van der Waals surface area contributed by atoms with Gasteiger partial charge in [-0.3, -0.25) is 14.5 Å². The maximum absolute atomic E-state index is 12.8. The predicted octanol–water partition coefficient (Wildman–Crippen LogP) is 2.83. The van der Waals surface area contributed by atoms with Crippen LogP contribution in [0.3, 0.4) is 0 Å². The number of amides is 4. The first kappa shape index (κ1) is 21.0. The minimum absolute atomic E-state index is 0. The Balaban J connectivity index is 0.00000261. The number of carbonyl (C=O) groups is 3. The molecule has 4 amide bonds. The zero-order chi connectivity index (χ0) is 18.9. The van der Waals surface area contributed by atoms with Gasteiger partial charge in [0.05, 0.1) is 0 Å². The Labute approximate surface area is 165 Å². The highest BCUT2D eigenvalue weighted by Gasteiger charge is 2.52. The molecule has 0 aromatic heterocycles.